The van der Waals surface area contributed by atoms with Crippen molar-refractivity contribution in [2.75, 3.05) is 18.0 Å². The largest absolute Gasteiger partial charge is 0.371 e. The zero-order valence-electron chi connectivity index (χ0n) is 10.1. The third-order valence-electron chi connectivity index (χ3n) is 3.35. The van der Waals surface area contributed by atoms with Crippen molar-refractivity contribution in [1.82, 2.24) is 9.78 Å². The zero-order chi connectivity index (χ0) is 11.7. The first-order valence-electron chi connectivity index (χ1n) is 6.25. The summed E-state index contributed by atoms with van der Waals surface area (Å²) in [6.45, 7) is 5.42. The molecule has 3 nitrogen and oxygen atoms in total. The van der Waals surface area contributed by atoms with Gasteiger partial charge < -0.3 is 4.90 Å². The van der Waals surface area contributed by atoms with Crippen molar-refractivity contribution in [3.05, 3.63) is 36.5 Å². The summed E-state index contributed by atoms with van der Waals surface area (Å²) in [5.41, 5.74) is 3.58. The minimum Gasteiger partial charge on any atom is -0.371 e. The van der Waals surface area contributed by atoms with Gasteiger partial charge in [0.2, 0.25) is 0 Å². The second-order valence-corrected chi connectivity index (χ2v) is 4.44. The van der Waals surface area contributed by atoms with Gasteiger partial charge in [0.1, 0.15) is 0 Å². The van der Waals surface area contributed by atoms with Crippen LogP contribution in [-0.4, -0.2) is 22.9 Å². The van der Waals surface area contributed by atoms with Crippen molar-refractivity contribution in [2.24, 2.45) is 0 Å². The van der Waals surface area contributed by atoms with Crippen molar-refractivity contribution in [3.8, 4) is 11.3 Å². The molecule has 2 heterocycles. The predicted molar refractivity (Wildman–Crippen MR) is 70.2 cm³/mol. The molecule has 1 aromatic heterocycles. The highest BCUT2D eigenvalue weighted by atomic mass is 15.3. The van der Waals surface area contributed by atoms with Crippen LogP contribution in [-0.2, 0) is 6.54 Å². The van der Waals surface area contributed by atoms with E-state index >= 15 is 0 Å². The SMILES string of the molecule is CCn1ccc(-c2ccc(N3CCC3)cc2)n1. The summed E-state index contributed by atoms with van der Waals surface area (Å²) in [6, 6.07) is 10.8. The van der Waals surface area contributed by atoms with E-state index < -0.39 is 0 Å². The topological polar surface area (TPSA) is 21.1 Å². The van der Waals surface area contributed by atoms with Gasteiger partial charge in [-0.25, -0.2) is 0 Å². The van der Waals surface area contributed by atoms with Gasteiger partial charge in [0.15, 0.2) is 0 Å². The lowest BCUT2D eigenvalue weighted by atomic mass is 10.1. The summed E-state index contributed by atoms with van der Waals surface area (Å²) in [5.74, 6) is 0. The zero-order valence-corrected chi connectivity index (χ0v) is 10.1. The Bertz CT molecular complexity index is 494. The van der Waals surface area contributed by atoms with E-state index in [1.54, 1.807) is 0 Å². The normalized spacial score (nSPS) is 14.8. The number of aromatic nitrogens is 2. The van der Waals surface area contributed by atoms with Crippen LogP contribution in [0.15, 0.2) is 36.5 Å². The molecule has 1 aromatic carbocycles. The molecule has 3 heteroatoms. The monoisotopic (exact) mass is 227 g/mol. The lowest BCUT2D eigenvalue weighted by molar-refractivity contribution is 0.618. The van der Waals surface area contributed by atoms with Gasteiger partial charge >= 0.3 is 0 Å². The van der Waals surface area contributed by atoms with E-state index in [1.165, 1.54) is 30.8 Å². The quantitative estimate of drug-likeness (QED) is 0.804. The van der Waals surface area contributed by atoms with Crippen LogP contribution < -0.4 is 4.90 Å². The molecular weight excluding hydrogens is 210 g/mol. The number of hydrogen-bond acceptors (Lipinski definition) is 2. The average molecular weight is 227 g/mol. The molecule has 0 amide bonds. The smallest absolute Gasteiger partial charge is 0.0923 e. The first-order chi connectivity index (χ1) is 8.36. The Labute approximate surface area is 102 Å². The third-order valence-corrected chi connectivity index (χ3v) is 3.35. The number of rotatable bonds is 3. The molecule has 0 radical (unpaired) electrons. The molecular formula is C14H17N3. The molecule has 2 aromatic rings. The maximum Gasteiger partial charge on any atom is 0.0923 e. The lowest BCUT2D eigenvalue weighted by Crippen LogP contribution is -2.36. The standard InChI is InChI=1S/C14H17N3/c1-2-17-11-8-14(15-17)12-4-6-13(7-5-12)16-9-3-10-16/h4-8,11H,2-3,9-10H2,1H3. The molecule has 17 heavy (non-hydrogen) atoms. The maximum atomic E-state index is 4.51. The molecule has 1 aliphatic heterocycles. The number of hydrogen-bond donors (Lipinski definition) is 0. The van der Waals surface area contributed by atoms with Gasteiger partial charge in [-0.05, 0) is 31.5 Å². The fraction of sp³-hybridized carbons (Fsp3) is 0.357. The Balaban J connectivity index is 1.83. The van der Waals surface area contributed by atoms with E-state index in [0.29, 0.717) is 0 Å². The van der Waals surface area contributed by atoms with Crippen LogP contribution in [0, 0.1) is 0 Å². The van der Waals surface area contributed by atoms with E-state index in [9.17, 15) is 0 Å². The third kappa shape index (κ3) is 1.93. The maximum absolute atomic E-state index is 4.51. The molecule has 0 unspecified atom stereocenters. The van der Waals surface area contributed by atoms with Crippen molar-refractivity contribution in [3.63, 3.8) is 0 Å². The van der Waals surface area contributed by atoms with Crippen LogP contribution in [0.1, 0.15) is 13.3 Å². The Morgan fingerprint density at radius 1 is 1.12 bits per heavy atom. The molecule has 1 saturated heterocycles. The van der Waals surface area contributed by atoms with E-state index in [0.717, 1.165) is 12.2 Å². The van der Waals surface area contributed by atoms with Crippen LogP contribution in [0.2, 0.25) is 0 Å². The molecule has 0 atom stereocenters. The minimum absolute atomic E-state index is 0.922. The summed E-state index contributed by atoms with van der Waals surface area (Å²) in [7, 11) is 0. The van der Waals surface area contributed by atoms with Crippen LogP contribution >= 0.6 is 0 Å². The van der Waals surface area contributed by atoms with Gasteiger partial charge in [0, 0.05) is 37.1 Å². The number of aryl methyl sites for hydroxylation is 1. The van der Waals surface area contributed by atoms with Crippen molar-refractivity contribution in [2.45, 2.75) is 19.9 Å². The van der Waals surface area contributed by atoms with E-state index in [2.05, 4.69) is 47.3 Å². The first kappa shape index (κ1) is 10.4. The summed E-state index contributed by atoms with van der Waals surface area (Å²) >= 11 is 0. The number of anilines is 1. The molecule has 88 valence electrons. The van der Waals surface area contributed by atoms with E-state index in [1.807, 2.05) is 10.9 Å². The van der Waals surface area contributed by atoms with Gasteiger partial charge in [-0.3, -0.25) is 4.68 Å². The Kier molecular flexibility index (Phi) is 2.59. The summed E-state index contributed by atoms with van der Waals surface area (Å²) in [5, 5.41) is 4.51. The fourth-order valence-electron chi connectivity index (χ4n) is 2.11. The predicted octanol–water partition coefficient (Wildman–Crippen LogP) is 2.78. The van der Waals surface area contributed by atoms with Crippen LogP contribution in [0.25, 0.3) is 11.3 Å². The van der Waals surface area contributed by atoms with E-state index in [-0.39, 0.29) is 0 Å². The molecule has 0 aliphatic carbocycles. The Morgan fingerprint density at radius 3 is 2.41 bits per heavy atom. The molecule has 0 saturated carbocycles. The lowest BCUT2D eigenvalue weighted by Gasteiger charge is -2.33. The number of nitrogens with zero attached hydrogens (tertiary/aromatic N) is 3. The first-order valence-corrected chi connectivity index (χ1v) is 6.25. The average Bonchev–Trinajstić information content (AvgIpc) is 2.76. The van der Waals surface area contributed by atoms with Gasteiger partial charge in [0.05, 0.1) is 5.69 Å². The van der Waals surface area contributed by atoms with Crippen molar-refractivity contribution in [1.29, 1.82) is 0 Å². The molecule has 0 spiro atoms. The van der Waals surface area contributed by atoms with Gasteiger partial charge in [-0.2, -0.15) is 5.10 Å². The van der Waals surface area contributed by atoms with E-state index in [4.69, 9.17) is 0 Å². The van der Waals surface area contributed by atoms with Gasteiger partial charge in [-0.15, -0.1) is 0 Å². The molecule has 0 bridgehead atoms. The van der Waals surface area contributed by atoms with Crippen LogP contribution in [0.3, 0.4) is 0 Å². The van der Waals surface area contributed by atoms with Crippen molar-refractivity contribution >= 4 is 5.69 Å². The Hall–Kier alpha value is -1.77. The summed E-state index contributed by atoms with van der Waals surface area (Å²) in [6.07, 6.45) is 3.35. The van der Waals surface area contributed by atoms with Crippen molar-refractivity contribution < 1.29 is 0 Å². The molecule has 1 fully saturated rings. The molecule has 3 rings (SSSR count). The minimum atomic E-state index is 0.922. The van der Waals surface area contributed by atoms with Gasteiger partial charge in [0.25, 0.3) is 0 Å². The molecule has 0 N–H and O–H groups in total. The molecule has 1 aliphatic rings. The highest BCUT2D eigenvalue weighted by molar-refractivity contribution is 5.63. The van der Waals surface area contributed by atoms with Crippen LogP contribution in [0.4, 0.5) is 5.69 Å². The van der Waals surface area contributed by atoms with Crippen LogP contribution in [0.5, 0.6) is 0 Å². The highest BCUT2D eigenvalue weighted by Gasteiger charge is 2.14. The second kappa shape index (κ2) is 4.24. The fourth-order valence-corrected chi connectivity index (χ4v) is 2.11. The van der Waals surface area contributed by atoms with Gasteiger partial charge in [-0.1, -0.05) is 12.1 Å². The second-order valence-electron chi connectivity index (χ2n) is 4.44. The number of benzene rings is 1. The summed E-state index contributed by atoms with van der Waals surface area (Å²) in [4.78, 5) is 2.40. The summed E-state index contributed by atoms with van der Waals surface area (Å²) < 4.78 is 1.96. The Morgan fingerprint density at radius 2 is 1.88 bits per heavy atom. The highest BCUT2D eigenvalue weighted by Crippen LogP contribution is 2.24.